The van der Waals surface area contributed by atoms with Crippen LogP contribution < -0.4 is 0 Å². The lowest BCUT2D eigenvalue weighted by Gasteiger charge is -2.20. The van der Waals surface area contributed by atoms with Crippen LogP contribution in [0.3, 0.4) is 0 Å². The van der Waals surface area contributed by atoms with Gasteiger partial charge in [-0.25, -0.2) is 4.98 Å². The molecule has 5 heteroatoms. The topological polar surface area (TPSA) is 59.0 Å². The van der Waals surface area contributed by atoms with Crippen LogP contribution in [0.15, 0.2) is 60.9 Å². The molecule has 28 heavy (non-hydrogen) atoms. The molecule has 4 rings (SSSR count). The number of benzene rings is 2. The molecule has 2 heterocycles. The van der Waals surface area contributed by atoms with Crippen molar-refractivity contribution in [1.82, 2.24) is 19.9 Å². The number of pyridine rings is 1. The average Bonchev–Trinajstić information content (AvgIpc) is 2.76. The number of amides is 1. The zero-order valence-electron chi connectivity index (χ0n) is 16.1. The fourth-order valence-electron chi connectivity index (χ4n) is 3.37. The molecule has 0 bridgehead atoms. The molecule has 0 fully saturated rings. The monoisotopic (exact) mass is 370 g/mol. The van der Waals surface area contributed by atoms with E-state index in [2.05, 4.69) is 23.0 Å². The highest BCUT2D eigenvalue weighted by Crippen LogP contribution is 2.23. The second-order valence-electron chi connectivity index (χ2n) is 6.75. The fourth-order valence-corrected chi connectivity index (χ4v) is 3.37. The zero-order chi connectivity index (χ0) is 19.5. The predicted octanol–water partition coefficient (Wildman–Crippen LogP) is 4.72. The van der Waals surface area contributed by atoms with E-state index >= 15 is 0 Å². The molecule has 0 spiro atoms. The van der Waals surface area contributed by atoms with Gasteiger partial charge in [0.1, 0.15) is 0 Å². The van der Waals surface area contributed by atoms with E-state index in [1.165, 1.54) is 0 Å². The third-order valence-corrected chi connectivity index (χ3v) is 4.85. The molecule has 0 aliphatic carbocycles. The molecule has 0 radical (unpaired) electrons. The van der Waals surface area contributed by atoms with Crippen molar-refractivity contribution in [3.63, 3.8) is 0 Å². The Kier molecular flexibility index (Phi) is 4.98. The number of hydrogen-bond acceptors (Lipinski definition) is 4. The third-order valence-electron chi connectivity index (χ3n) is 4.85. The van der Waals surface area contributed by atoms with E-state index < -0.39 is 0 Å². The molecule has 0 saturated carbocycles. The van der Waals surface area contributed by atoms with Gasteiger partial charge in [0, 0.05) is 35.8 Å². The fraction of sp³-hybridized carbons (Fsp3) is 0.217. The van der Waals surface area contributed by atoms with Crippen LogP contribution in [0.4, 0.5) is 0 Å². The first-order chi connectivity index (χ1) is 13.7. The first kappa shape index (κ1) is 18.0. The minimum absolute atomic E-state index is 0.0373. The van der Waals surface area contributed by atoms with Crippen molar-refractivity contribution in [1.29, 1.82) is 0 Å². The van der Waals surface area contributed by atoms with Gasteiger partial charge in [0.05, 0.1) is 28.4 Å². The summed E-state index contributed by atoms with van der Waals surface area (Å²) in [7, 11) is 0. The van der Waals surface area contributed by atoms with Crippen molar-refractivity contribution < 1.29 is 4.79 Å². The normalized spacial score (nSPS) is 11.1. The van der Waals surface area contributed by atoms with E-state index in [9.17, 15) is 4.79 Å². The molecule has 0 aliphatic rings. The van der Waals surface area contributed by atoms with Crippen LogP contribution in [0.5, 0.6) is 0 Å². The van der Waals surface area contributed by atoms with E-state index in [1.807, 2.05) is 54.3 Å². The maximum absolute atomic E-state index is 12.8. The van der Waals surface area contributed by atoms with Crippen molar-refractivity contribution in [2.75, 3.05) is 13.1 Å². The van der Waals surface area contributed by atoms with Crippen LogP contribution in [0.2, 0.25) is 0 Å². The molecule has 0 aliphatic heterocycles. The van der Waals surface area contributed by atoms with Crippen LogP contribution in [-0.2, 0) is 0 Å². The lowest BCUT2D eigenvalue weighted by molar-refractivity contribution is 0.0764. The Morgan fingerprint density at radius 3 is 2.64 bits per heavy atom. The summed E-state index contributed by atoms with van der Waals surface area (Å²) in [5, 5.41) is 1.06. The Labute approximate surface area is 164 Å². The summed E-state index contributed by atoms with van der Waals surface area (Å²) in [6, 6.07) is 15.5. The molecule has 140 valence electrons. The van der Waals surface area contributed by atoms with Crippen LogP contribution >= 0.6 is 0 Å². The Bertz CT molecular complexity index is 1160. The Morgan fingerprint density at radius 1 is 0.964 bits per heavy atom. The lowest BCUT2D eigenvalue weighted by Crippen LogP contribution is -2.31. The summed E-state index contributed by atoms with van der Waals surface area (Å²) in [4.78, 5) is 28.3. The number of carbonyl (C=O) groups is 1. The first-order valence-electron chi connectivity index (χ1n) is 9.61. The molecule has 2 aromatic heterocycles. The van der Waals surface area contributed by atoms with Crippen molar-refractivity contribution in [2.45, 2.75) is 20.3 Å². The van der Waals surface area contributed by atoms with Gasteiger partial charge in [-0.05, 0) is 49.7 Å². The number of carbonyl (C=O) groups excluding carboxylic acids is 1. The summed E-state index contributed by atoms with van der Waals surface area (Å²) in [6.45, 7) is 5.53. The standard InChI is InChI=1S/C23H22N4O/c1-3-12-27(4-2)23(28)18-8-10-20-21(14-18)26-22(15-25-20)17-7-9-19-16(13-17)6-5-11-24-19/h5-11,13-15H,3-4,12H2,1-2H3. The van der Waals surface area contributed by atoms with Gasteiger partial charge < -0.3 is 4.90 Å². The third kappa shape index (κ3) is 3.43. The van der Waals surface area contributed by atoms with Crippen molar-refractivity contribution in [3.05, 3.63) is 66.5 Å². The summed E-state index contributed by atoms with van der Waals surface area (Å²) >= 11 is 0. The van der Waals surface area contributed by atoms with E-state index in [-0.39, 0.29) is 5.91 Å². The molecule has 0 saturated heterocycles. The Balaban J connectivity index is 1.73. The lowest BCUT2D eigenvalue weighted by atomic mass is 10.1. The Morgan fingerprint density at radius 2 is 1.82 bits per heavy atom. The van der Waals surface area contributed by atoms with Gasteiger partial charge in [0.2, 0.25) is 0 Å². The number of fused-ring (bicyclic) bond motifs is 2. The molecule has 5 nitrogen and oxygen atoms in total. The summed E-state index contributed by atoms with van der Waals surface area (Å²) in [5.41, 5.74) is 4.86. The highest BCUT2D eigenvalue weighted by Gasteiger charge is 2.14. The van der Waals surface area contributed by atoms with Gasteiger partial charge in [-0.2, -0.15) is 0 Å². The van der Waals surface area contributed by atoms with Crippen LogP contribution in [0.1, 0.15) is 30.6 Å². The number of aromatic nitrogens is 3. The SMILES string of the molecule is CCCN(CC)C(=O)c1ccc2ncc(-c3ccc4ncccc4c3)nc2c1. The first-order valence-corrected chi connectivity index (χ1v) is 9.61. The summed E-state index contributed by atoms with van der Waals surface area (Å²) < 4.78 is 0. The molecule has 0 unspecified atom stereocenters. The van der Waals surface area contributed by atoms with Crippen LogP contribution in [0.25, 0.3) is 33.2 Å². The molecular formula is C23H22N4O. The summed E-state index contributed by atoms with van der Waals surface area (Å²) in [6.07, 6.45) is 4.50. The maximum atomic E-state index is 12.8. The van der Waals surface area contributed by atoms with Crippen molar-refractivity contribution >= 4 is 27.8 Å². The van der Waals surface area contributed by atoms with Gasteiger partial charge >= 0.3 is 0 Å². The zero-order valence-corrected chi connectivity index (χ0v) is 16.1. The maximum Gasteiger partial charge on any atom is 0.253 e. The van der Waals surface area contributed by atoms with Crippen molar-refractivity contribution in [2.24, 2.45) is 0 Å². The molecule has 0 atom stereocenters. The average molecular weight is 370 g/mol. The highest BCUT2D eigenvalue weighted by atomic mass is 16.2. The highest BCUT2D eigenvalue weighted by molar-refractivity contribution is 5.97. The largest absolute Gasteiger partial charge is 0.339 e. The van der Waals surface area contributed by atoms with E-state index in [0.29, 0.717) is 12.1 Å². The van der Waals surface area contributed by atoms with Gasteiger partial charge in [-0.15, -0.1) is 0 Å². The molecule has 4 aromatic rings. The molecular weight excluding hydrogens is 348 g/mol. The second kappa shape index (κ2) is 7.72. The van der Waals surface area contributed by atoms with Crippen LogP contribution in [-0.4, -0.2) is 38.8 Å². The van der Waals surface area contributed by atoms with E-state index in [1.54, 1.807) is 12.4 Å². The molecule has 0 N–H and O–H groups in total. The quantitative estimate of drug-likeness (QED) is 0.510. The van der Waals surface area contributed by atoms with Gasteiger partial charge in [-0.1, -0.05) is 19.1 Å². The molecule has 1 amide bonds. The summed E-state index contributed by atoms with van der Waals surface area (Å²) in [5.74, 6) is 0.0373. The van der Waals surface area contributed by atoms with E-state index in [0.717, 1.165) is 46.2 Å². The number of rotatable bonds is 5. The van der Waals surface area contributed by atoms with Gasteiger partial charge in [0.15, 0.2) is 0 Å². The number of hydrogen-bond donors (Lipinski definition) is 0. The minimum Gasteiger partial charge on any atom is -0.339 e. The number of nitrogens with zero attached hydrogens (tertiary/aromatic N) is 4. The Hall–Kier alpha value is -3.34. The predicted molar refractivity (Wildman–Crippen MR) is 112 cm³/mol. The molecule has 2 aromatic carbocycles. The minimum atomic E-state index is 0.0373. The smallest absolute Gasteiger partial charge is 0.253 e. The second-order valence-corrected chi connectivity index (χ2v) is 6.75. The van der Waals surface area contributed by atoms with Crippen LogP contribution in [0, 0.1) is 0 Å². The van der Waals surface area contributed by atoms with Crippen molar-refractivity contribution in [3.8, 4) is 11.3 Å². The van der Waals surface area contributed by atoms with Gasteiger partial charge in [-0.3, -0.25) is 14.8 Å². The van der Waals surface area contributed by atoms with E-state index in [4.69, 9.17) is 4.98 Å². The van der Waals surface area contributed by atoms with Gasteiger partial charge in [0.25, 0.3) is 5.91 Å².